The third kappa shape index (κ3) is 3.98. The molecule has 0 saturated heterocycles. The molecule has 1 aliphatic rings. The van der Waals surface area contributed by atoms with Crippen molar-refractivity contribution in [2.45, 2.75) is 38.8 Å². The van der Waals surface area contributed by atoms with E-state index in [1.807, 2.05) is 0 Å². The van der Waals surface area contributed by atoms with Gasteiger partial charge in [0, 0.05) is 12.6 Å². The van der Waals surface area contributed by atoms with Crippen LogP contribution in [0.4, 0.5) is 19.0 Å². The summed E-state index contributed by atoms with van der Waals surface area (Å²) < 4.78 is 43.4. The Balaban J connectivity index is 2.03. The summed E-state index contributed by atoms with van der Waals surface area (Å²) >= 11 is 0. The molecule has 1 aromatic heterocycles. The maximum atomic E-state index is 12.7. The minimum absolute atomic E-state index is 0.0254. The van der Waals surface area contributed by atoms with Crippen LogP contribution in [0.15, 0.2) is 6.07 Å². The molecule has 2 rings (SSSR count). The fraction of sp³-hybridized carbons (Fsp3) is 0.692. The van der Waals surface area contributed by atoms with Gasteiger partial charge in [-0.25, -0.2) is 4.98 Å². The number of nitrogens with one attached hydrogen (secondary N) is 1. The molecule has 112 valence electrons. The third-order valence-corrected chi connectivity index (χ3v) is 3.31. The van der Waals surface area contributed by atoms with E-state index in [9.17, 15) is 13.2 Å². The Kier molecular flexibility index (Phi) is 4.67. The van der Waals surface area contributed by atoms with Crippen molar-refractivity contribution < 1.29 is 17.9 Å². The monoisotopic (exact) mass is 289 g/mol. The van der Waals surface area contributed by atoms with Crippen molar-refractivity contribution in [2.24, 2.45) is 5.92 Å². The van der Waals surface area contributed by atoms with Gasteiger partial charge in [-0.05, 0) is 19.3 Å². The van der Waals surface area contributed by atoms with E-state index < -0.39 is 12.0 Å². The second kappa shape index (κ2) is 6.28. The number of ether oxygens (including phenoxy) is 1. The van der Waals surface area contributed by atoms with Crippen LogP contribution in [0.3, 0.4) is 0 Å². The summed E-state index contributed by atoms with van der Waals surface area (Å²) in [7, 11) is 0. The Bertz CT molecular complexity index is 447. The van der Waals surface area contributed by atoms with E-state index in [1.54, 1.807) is 6.92 Å². The first-order valence-corrected chi connectivity index (χ1v) is 6.82. The Morgan fingerprint density at radius 3 is 2.65 bits per heavy atom. The quantitative estimate of drug-likeness (QED) is 0.870. The maximum Gasteiger partial charge on any atom is 0.451 e. The van der Waals surface area contributed by atoms with Gasteiger partial charge in [-0.1, -0.05) is 19.3 Å². The molecule has 0 radical (unpaired) electrons. The number of halogens is 3. The highest BCUT2D eigenvalue weighted by Gasteiger charge is 2.35. The number of hydrogen-bond donors (Lipinski definition) is 1. The largest absolute Gasteiger partial charge is 0.478 e. The van der Waals surface area contributed by atoms with Gasteiger partial charge in [0.25, 0.3) is 0 Å². The molecular formula is C13H18F3N3O. The lowest BCUT2D eigenvalue weighted by molar-refractivity contribution is -0.145. The molecule has 1 aliphatic carbocycles. The van der Waals surface area contributed by atoms with Gasteiger partial charge in [-0.3, -0.25) is 0 Å². The van der Waals surface area contributed by atoms with Crippen molar-refractivity contribution in [3.05, 3.63) is 11.9 Å². The van der Waals surface area contributed by atoms with Gasteiger partial charge in [-0.15, -0.1) is 0 Å². The highest BCUT2D eigenvalue weighted by Crippen LogP contribution is 2.31. The number of hydrogen-bond acceptors (Lipinski definition) is 4. The maximum absolute atomic E-state index is 12.7. The first kappa shape index (κ1) is 14.9. The topological polar surface area (TPSA) is 47.0 Å². The van der Waals surface area contributed by atoms with E-state index in [2.05, 4.69) is 15.3 Å². The van der Waals surface area contributed by atoms with E-state index >= 15 is 0 Å². The van der Waals surface area contributed by atoms with E-state index in [4.69, 9.17) is 4.74 Å². The van der Waals surface area contributed by atoms with Crippen LogP contribution in [0.1, 0.15) is 38.4 Å². The summed E-state index contributed by atoms with van der Waals surface area (Å²) in [5.41, 5.74) is 0. The highest BCUT2D eigenvalue weighted by atomic mass is 19.4. The van der Waals surface area contributed by atoms with Crippen molar-refractivity contribution in [1.82, 2.24) is 9.97 Å². The Morgan fingerprint density at radius 1 is 1.35 bits per heavy atom. The van der Waals surface area contributed by atoms with Crippen molar-refractivity contribution in [3.63, 3.8) is 0 Å². The summed E-state index contributed by atoms with van der Waals surface area (Å²) in [6.45, 7) is 2.66. The lowest BCUT2D eigenvalue weighted by atomic mass is 9.83. The van der Waals surface area contributed by atoms with Gasteiger partial charge < -0.3 is 10.1 Å². The predicted molar refractivity (Wildman–Crippen MR) is 68.7 cm³/mol. The van der Waals surface area contributed by atoms with E-state index in [1.165, 1.54) is 25.3 Å². The molecule has 0 amide bonds. The third-order valence-electron chi connectivity index (χ3n) is 3.31. The van der Waals surface area contributed by atoms with Crippen molar-refractivity contribution >= 4 is 5.82 Å². The van der Waals surface area contributed by atoms with Crippen molar-refractivity contribution in [1.29, 1.82) is 0 Å². The van der Waals surface area contributed by atoms with E-state index in [0.717, 1.165) is 6.42 Å². The molecule has 0 bridgehead atoms. The van der Waals surface area contributed by atoms with Crippen LogP contribution >= 0.6 is 0 Å². The van der Waals surface area contributed by atoms with Gasteiger partial charge in [0.05, 0.1) is 6.61 Å². The standard InChI is InChI=1S/C13H18F3N3O/c1-2-17-10-8-11(19-12(18-10)13(14,15)16)20-7-6-9-4-3-5-9/h8-9H,2-7H2,1H3,(H,17,18,19). The average molecular weight is 289 g/mol. The molecule has 4 nitrogen and oxygen atoms in total. The van der Waals surface area contributed by atoms with Gasteiger partial charge in [0.1, 0.15) is 5.82 Å². The molecule has 20 heavy (non-hydrogen) atoms. The van der Waals surface area contributed by atoms with Gasteiger partial charge >= 0.3 is 6.18 Å². The molecular weight excluding hydrogens is 271 g/mol. The Labute approximate surface area is 115 Å². The molecule has 1 fully saturated rings. The van der Waals surface area contributed by atoms with Gasteiger partial charge in [-0.2, -0.15) is 18.2 Å². The number of rotatable bonds is 6. The van der Waals surface area contributed by atoms with Crippen molar-refractivity contribution in [3.8, 4) is 5.88 Å². The molecule has 0 unspecified atom stereocenters. The smallest absolute Gasteiger partial charge is 0.451 e. The summed E-state index contributed by atoms with van der Waals surface area (Å²) in [6, 6.07) is 1.40. The van der Waals surface area contributed by atoms with Crippen LogP contribution < -0.4 is 10.1 Å². The van der Waals surface area contributed by atoms with Crippen LogP contribution in [-0.4, -0.2) is 23.1 Å². The summed E-state index contributed by atoms with van der Waals surface area (Å²) in [5.74, 6) is -0.419. The molecule has 1 aromatic rings. The fourth-order valence-electron chi connectivity index (χ4n) is 2.01. The highest BCUT2D eigenvalue weighted by molar-refractivity contribution is 5.38. The average Bonchev–Trinajstić information content (AvgIpc) is 2.31. The molecule has 1 saturated carbocycles. The Hall–Kier alpha value is -1.53. The second-order valence-corrected chi connectivity index (χ2v) is 4.88. The zero-order valence-corrected chi connectivity index (χ0v) is 11.3. The normalized spacial score (nSPS) is 15.8. The molecule has 0 atom stereocenters. The van der Waals surface area contributed by atoms with Crippen LogP contribution in [-0.2, 0) is 6.18 Å². The number of anilines is 1. The predicted octanol–water partition coefficient (Wildman–Crippen LogP) is 3.50. The van der Waals surface area contributed by atoms with Crippen LogP contribution in [0.25, 0.3) is 0 Å². The van der Waals surface area contributed by atoms with Crippen LogP contribution in [0, 0.1) is 5.92 Å². The number of alkyl halides is 3. The number of nitrogens with zero attached hydrogens (tertiary/aromatic N) is 2. The molecule has 0 aromatic carbocycles. The fourth-order valence-corrected chi connectivity index (χ4v) is 2.01. The van der Waals surface area contributed by atoms with E-state index in [-0.39, 0.29) is 11.7 Å². The summed E-state index contributed by atoms with van der Waals surface area (Å²) in [4.78, 5) is 6.87. The first-order chi connectivity index (χ1) is 9.49. The lowest BCUT2D eigenvalue weighted by Gasteiger charge is -2.24. The molecule has 0 spiro atoms. The Morgan fingerprint density at radius 2 is 2.10 bits per heavy atom. The zero-order chi connectivity index (χ0) is 14.6. The minimum Gasteiger partial charge on any atom is -0.478 e. The summed E-state index contributed by atoms with van der Waals surface area (Å²) in [6.07, 6.45) is -0.104. The van der Waals surface area contributed by atoms with Crippen LogP contribution in [0.5, 0.6) is 5.88 Å². The molecule has 1 N–H and O–H groups in total. The lowest BCUT2D eigenvalue weighted by Crippen LogP contribution is -2.17. The molecule has 1 heterocycles. The second-order valence-electron chi connectivity index (χ2n) is 4.88. The first-order valence-electron chi connectivity index (χ1n) is 6.82. The zero-order valence-electron chi connectivity index (χ0n) is 11.3. The molecule has 7 heteroatoms. The van der Waals surface area contributed by atoms with Crippen LogP contribution in [0.2, 0.25) is 0 Å². The number of aromatic nitrogens is 2. The molecule has 0 aliphatic heterocycles. The van der Waals surface area contributed by atoms with Crippen molar-refractivity contribution in [2.75, 3.05) is 18.5 Å². The SMILES string of the molecule is CCNc1cc(OCCC2CCC2)nc(C(F)(F)F)n1. The van der Waals surface area contributed by atoms with Gasteiger partial charge in [0.2, 0.25) is 11.7 Å². The van der Waals surface area contributed by atoms with E-state index in [0.29, 0.717) is 19.1 Å². The van der Waals surface area contributed by atoms with Gasteiger partial charge in [0.15, 0.2) is 0 Å². The minimum atomic E-state index is -4.57. The summed E-state index contributed by atoms with van der Waals surface area (Å²) in [5, 5.41) is 2.75.